The number of hydrogen-bond donors (Lipinski definition) is 0. The van der Waals surface area contributed by atoms with Crippen molar-refractivity contribution in [2.45, 2.75) is 19.9 Å². The van der Waals surface area contributed by atoms with E-state index in [2.05, 4.69) is 47.9 Å². The zero-order valence-electron chi connectivity index (χ0n) is 13.3. The third-order valence-electron chi connectivity index (χ3n) is 4.58. The lowest BCUT2D eigenvalue weighted by atomic mass is 10.1. The van der Waals surface area contributed by atoms with E-state index in [4.69, 9.17) is 0 Å². The summed E-state index contributed by atoms with van der Waals surface area (Å²) in [5.41, 5.74) is 3.80. The van der Waals surface area contributed by atoms with Gasteiger partial charge in [-0.25, -0.2) is 4.39 Å². The van der Waals surface area contributed by atoms with E-state index in [1.54, 1.807) is 12.1 Å². The topological polar surface area (TPSA) is 6.48 Å². The van der Waals surface area contributed by atoms with Crippen LogP contribution in [0.1, 0.15) is 24.1 Å². The fourth-order valence-corrected chi connectivity index (χ4v) is 3.14. The van der Waals surface area contributed by atoms with Crippen LogP contribution in [-0.2, 0) is 0 Å². The molecule has 1 atom stereocenters. The molecule has 3 heteroatoms. The van der Waals surface area contributed by atoms with E-state index in [1.165, 1.54) is 16.8 Å². The minimum Gasteiger partial charge on any atom is -0.369 e. The van der Waals surface area contributed by atoms with Crippen LogP contribution < -0.4 is 4.90 Å². The number of nitrogens with zero attached hydrogens (tertiary/aromatic N) is 2. The Morgan fingerprint density at radius 1 is 0.955 bits per heavy atom. The van der Waals surface area contributed by atoms with Gasteiger partial charge in [0.2, 0.25) is 0 Å². The number of benzene rings is 2. The first-order valence-corrected chi connectivity index (χ1v) is 7.94. The van der Waals surface area contributed by atoms with Crippen LogP contribution in [-0.4, -0.2) is 31.1 Å². The molecule has 0 amide bonds. The molecular weight excluding hydrogens is 275 g/mol. The van der Waals surface area contributed by atoms with E-state index in [0.29, 0.717) is 6.04 Å². The number of anilines is 1. The highest BCUT2D eigenvalue weighted by Crippen LogP contribution is 2.24. The lowest BCUT2D eigenvalue weighted by Gasteiger charge is -2.39. The monoisotopic (exact) mass is 298 g/mol. The van der Waals surface area contributed by atoms with Gasteiger partial charge in [-0.15, -0.1) is 0 Å². The molecule has 1 heterocycles. The molecule has 0 radical (unpaired) electrons. The van der Waals surface area contributed by atoms with E-state index >= 15 is 0 Å². The Balaban J connectivity index is 1.62. The average molecular weight is 298 g/mol. The second kappa shape index (κ2) is 6.49. The molecule has 1 aliphatic heterocycles. The third kappa shape index (κ3) is 3.30. The predicted octanol–water partition coefficient (Wildman–Crippen LogP) is 4.02. The zero-order valence-corrected chi connectivity index (χ0v) is 13.3. The van der Waals surface area contributed by atoms with Crippen LogP contribution in [0.25, 0.3) is 0 Å². The molecule has 0 aliphatic carbocycles. The first-order valence-electron chi connectivity index (χ1n) is 7.94. The maximum absolute atomic E-state index is 13.0. The molecule has 2 aromatic carbocycles. The minimum atomic E-state index is -0.166. The van der Waals surface area contributed by atoms with Crippen molar-refractivity contribution < 1.29 is 4.39 Å². The van der Waals surface area contributed by atoms with E-state index in [-0.39, 0.29) is 5.82 Å². The van der Waals surface area contributed by atoms with Crippen LogP contribution in [0.2, 0.25) is 0 Å². The normalized spacial score (nSPS) is 17.5. The largest absolute Gasteiger partial charge is 0.369 e. The van der Waals surface area contributed by atoms with Crippen LogP contribution in [0.3, 0.4) is 0 Å². The quantitative estimate of drug-likeness (QED) is 0.844. The number of piperazine rings is 1. The van der Waals surface area contributed by atoms with Crippen molar-refractivity contribution in [3.05, 3.63) is 65.5 Å². The second-order valence-corrected chi connectivity index (χ2v) is 6.09. The fourth-order valence-electron chi connectivity index (χ4n) is 3.14. The second-order valence-electron chi connectivity index (χ2n) is 6.09. The summed E-state index contributed by atoms with van der Waals surface area (Å²) in [6.07, 6.45) is 0. The number of aryl methyl sites for hydroxylation is 1. The lowest BCUT2D eigenvalue weighted by molar-refractivity contribution is 0.198. The van der Waals surface area contributed by atoms with E-state index < -0.39 is 0 Å². The molecule has 116 valence electrons. The number of hydrogen-bond acceptors (Lipinski definition) is 2. The van der Waals surface area contributed by atoms with Gasteiger partial charge in [0.1, 0.15) is 5.82 Å². The Hall–Kier alpha value is -1.87. The highest BCUT2D eigenvalue weighted by atomic mass is 19.1. The highest BCUT2D eigenvalue weighted by Gasteiger charge is 2.22. The SMILES string of the molecule is Cc1cccc(N2CCN([C@@H](C)c3ccc(F)cc3)CC2)c1. The summed E-state index contributed by atoms with van der Waals surface area (Å²) in [4.78, 5) is 4.92. The standard InChI is InChI=1S/C19H23FN2/c1-15-4-3-5-19(14-15)22-12-10-21(11-13-22)16(2)17-6-8-18(20)9-7-17/h3-9,14,16H,10-13H2,1-2H3/t16-/m0/s1. The van der Waals surface area contributed by atoms with Crippen LogP contribution in [0.4, 0.5) is 10.1 Å². The highest BCUT2D eigenvalue weighted by molar-refractivity contribution is 5.48. The summed E-state index contributed by atoms with van der Waals surface area (Å²) in [5, 5.41) is 0. The van der Waals surface area contributed by atoms with Crippen molar-refractivity contribution in [1.29, 1.82) is 0 Å². The molecule has 1 saturated heterocycles. The van der Waals surface area contributed by atoms with Crippen molar-refractivity contribution in [2.75, 3.05) is 31.1 Å². The molecule has 0 aromatic heterocycles. The average Bonchev–Trinajstić information content (AvgIpc) is 2.55. The third-order valence-corrected chi connectivity index (χ3v) is 4.58. The summed E-state index contributed by atoms with van der Waals surface area (Å²) in [6.45, 7) is 8.48. The molecule has 0 N–H and O–H groups in total. The number of rotatable bonds is 3. The Kier molecular flexibility index (Phi) is 4.44. The molecular formula is C19H23FN2. The molecule has 0 saturated carbocycles. The van der Waals surface area contributed by atoms with Gasteiger partial charge in [0, 0.05) is 37.9 Å². The molecule has 22 heavy (non-hydrogen) atoms. The molecule has 0 bridgehead atoms. The van der Waals surface area contributed by atoms with E-state index in [9.17, 15) is 4.39 Å². The first kappa shape index (κ1) is 15.0. The van der Waals surface area contributed by atoms with Gasteiger partial charge in [-0.2, -0.15) is 0 Å². The Labute approximate surface area is 132 Å². The van der Waals surface area contributed by atoms with Crippen LogP contribution in [0, 0.1) is 12.7 Å². The van der Waals surface area contributed by atoms with Crippen LogP contribution >= 0.6 is 0 Å². The van der Waals surface area contributed by atoms with Gasteiger partial charge in [-0.05, 0) is 49.2 Å². The zero-order chi connectivity index (χ0) is 15.5. The smallest absolute Gasteiger partial charge is 0.123 e. The molecule has 2 nitrogen and oxygen atoms in total. The van der Waals surface area contributed by atoms with Crippen LogP contribution in [0.15, 0.2) is 48.5 Å². The summed E-state index contributed by atoms with van der Waals surface area (Å²) in [5.74, 6) is -0.166. The Morgan fingerprint density at radius 3 is 2.27 bits per heavy atom. The first-order chi connectivity index (χ1) is 10.6. The van der Waals surface area contributed by atoms with Crippen molar-refractivity contribution in [2.24, 2.45) is 0 Å². The number of halogens is 1. The van der Waals surface area contributed by atoms with Gasteiger partial charge in [-0.3, -0.25) is 4.90 Å². The van der Waals surface area contributed by atoms with Crippen LogP contribution in [0.5, 0.6) is 0 Å². The van der Waals surface area contributed by atoms with E-state index in [0.717, 1.165) is 26.2 Å². The maximum atomic E-state index is 13.0. The summed E-state index contributed by atoms with van der Waals surface area (Å²) in [6, 6.07) is 15.9. The van der Waals surface area contributed by atoms with Gasteiger partial charge < -0.3 is 4.90 Å². The molecule has 1 fully saturated rings. The Morgan fingerprint density at radius 2 is 1.64 bits per heavy atom. The fraction of sp³-hybridized carbons (Fsp3) is 0.368. The maximum Gasteiger partial charge on any atom is 0.123 e. The molecule has 0 spiro atoms. The summed E-state index contributed by atoms with van der Waals surface area (Å²) in [7, 11) is 0. The van der Waals surface area contributed by atoms with Gasteiger partial charge in [0.15, 0.2) is 0 Å². The molecule has 3 rings (SSSR count). The van der Waals surface area contributed by atoms with Crippen molar-refractivity contribution in [3.63, 3.8) is 0 Å². The lowest BCUT2D eigenvalue weighted by Crippen LogP contribution is -2.47. The summed E-state index contributed by atoms with van der Waals surface area (Å²) < 4.78 is 13.0. The van der Waals surface area contributed by atoms with Gasteiger partial charge in [0.05, 0.1) is 0 Å². The van der Waals surface area contributed by atoms with Crippen molar-refractivity contribution >= 4 is 5.69 Å². The van der Waals surface area contributed by atoms with Crippen molar-refractivity contribution in [3.8, 4) is 0 Å². The predicted molar refractivity (Wildman–Crippen MR) is 89.8 cm³/mol. The molecule has 0 unspecified atom stereocenters. The van der Waals surface area contributed by atoms with Crippen molar-refractivity contribution in [1.82, 2.24) is 4.90 Å². The van der Waals surface area contributed by atoms with Gasteiger partial charge >= 0.3 is 0 Å². The molecule has 1 aliphatic rings. The Bertz CT molecular complexity index is 616. The van der Waals surface area contributed by atoms with Gasteiger partial charge in [0.25, 0.3) is 0 Å². The minimum absolute atomic E-state index is 0.166. The van der Waals surface area contributed by atoms with E-state index in [1.807, 2.05) is 12.1 Å². The molecule has 2 aromatic rings. The van der Waals surface area contributed by atoms with Gasteiger partial charge in [-0.1, -0.05) is 24.3 Å². The summed E-state index contributed by atoms with van der Waals surface area (Å²) >= 11 is 0.